The molecule has 4 aromatic rings. The zero-order valence-corrected chi connectivity index (χ0v) is 23.5. The van der Waals surface area contributed by atoms with E-state index in [1.54, 1.807) is 128 Å². The highest BCUT2D eigenvalue weighted by Crippen LogP contribution is 2.18. The number of rotatable bonds is 10. The van der Waals surface area contributed by atoms with Crippen LogP contribution >= 0.6 is 0 Å². The van der Waals surface area contributed by atoms with Gasteiger partial charge in [-0.25, -0.2) is 0 Å². The highest BCUT2D eigenvalue weighted by atomic mass is 16.2. The van der Waals surface area contributed by atoms with Gasteiger partial charge in [0.15, 0.2) is 0 Å². The van der Waals surface area contributed by atoms with Gasteiger partial charge in [-0.15, -0.1) is 0 Å². The van der Waals surface area contributed by atoms with E-state index in [4.69, 9.17) is 0 Å². The summed E-state index contributed by atoms with van der Waals surface area (Å²) in [5, 5.41) is 11.2. The molecule has 43 heavy (non-hydrogen) atoms. The largest absolute Gasteiger partial charge is 0.322 e. The van der Waals surface area contributed by atoms with Crippen LogP contribution in [0.5, 0.6) is 0 Å². The molecule has 4 N–H and O–H groups in total. The maximum atomic E-state index is 12.7. The molecule has 214 valence electrons. The first-order valence-corrected chi connectivity index (χ1v) is 13.4. The van der Waals surface area contributed by atoms with Gasteiger partial charge in [0.05, 0.1) is 0 Å². The van der Waals surface area contributed by atoms with Gasteiger partial charge in [0.1, 0.15) is 0 Å². The van der Waals surface area contributed by atoms with Gasteiger partial charge in [-0.05, 0) is 91.9 Å². The number of benzene rings is 4. The molecule has 0 aliphatic carbocycles. The van der Waals surface area contributed by atoms with Crippen molar-refractivity contribution < 1.29 is 19.2 Å². The second kappa shape index (κ2) is 14.6. The van der Waals surface area contributed by atoms with Gasteiger partial charge in [0.25, 0.3) is 23.6 Å². The molecule has 0 atom stereocenters. The van der Waals surface area contributed by atoms with Crippen LogP contribution in [0.3, 0.4) is 0 Å². The summed E-state index contributed by atoms with van der Waals surface area (Å²) in [5.74, 6) is -1.14. The van der Waals surface area contributed by atoms with Crippen molar-refractivity contribution >= 4 is 46.4 Å². The maximum absolute atomic E-state index is 12.7. The van der Waals surface area contributed by atoms with Crippen LogP contribution in [0.4, 0.5) is 22.7 Å². The third-order valence-corrected chi connectivity index (χ3v) is 6.20. The lowest BCUT2D eigenvalue weighted by atomic mass is 10.1. The fourth-order valence-corrected chi connectivity index (χ4v) is 3.83. The minimum atomic E-state index is -0.343. The molecule has 0 radical (unpaired) electrons. The Morgan fingerprint density at radius 3 is 1.28 bits per heavy atom. The van der Waals surface area contributed by atoms with Crippen LogP contribution in [0.1, 0.15) is 38.0 Å². The molecule has 0 saturated carbocycles. The molecule has 4 rings (SSSR count). The van der Waals surface area contributed by atoms with Crippen LogP contribution in [0.2, 0.25) is 0 Å². The third kappa shape index (κ3) is 8.73. The smallest absolute Gasteiger partial charge is 0.255 e. The van der Waals surface area contributed by atoms with Crippen molar-refractivity contribution in [2.24, 2.45) is 0 Å². The first kappa shape index (κ1) is 30.0. The minimum absolute atomic E-state index is 0.223. The predicted octanol–water partition coefficient (Wildman–Crippen LogP) is 7.07. The molecule has 0 heterocycles. The molecule has 0 aliphatic rings. The lowest BCUT2D eigenvalue weighted by Crippen LogP contribution is -2.15. The van der Waals surface area contributed by atoms with Crippen LogP contribution in [-0.2, 0) is 4.79 Å². The Balaban J connectivity index is 1.28. The molecule has 0 spiro atoms. The molecule has 0 unspecified atom stereocenters. The van der Waals surface area contributed by atoms with Crippen LogP contribution in [0.15, 0.2) is 140 Å². The number of hydrogen-bond donors (Lipinski definition) is 4. The summed E-state index contributed by atoms with van der Waals surface area (Å²) in [5.41, 5.74) is 4.13. The molecule has 0 bridgehead atoms. The second-order valence-electron chi connectivity index (χ2n) is 9.38. The Labute approximate surface area is 249 Å². The SMILES string of the molecule is C=CC=CC=C(C)C(=O)Nc1ccc(NC(=O)c2ccc(C(=O)Nc3ccc(NC(=O)c4ccccc4)cc3)cc2)cc1. The molecule has 0 aliphatic heterocycles. The zero-order chi connectivity index (χ0) is 30.6. The monoisotopic (exact) mass is 570 g/mol. The highest BCUT2D eigenvalue weighted by Gasteiger charge is 2.11. The fraction of sp³-hybridized carbons (Fsp3) is 0.0286. The van der Waals surface area contributed by atoms with Gasteiger partial charge in [0, 0.05) is 45.0 Å². The van der Waals surface area contributed by atoms with E-state index in [0.29, 0.717) is 45.0 Å². The lowest BCUT2D eigenvalue weighted by molar-refractivity contribution is -0.112. The normalized spacial score (nSPS) is 11.0. The van der Waals surface area contributed by atoms with Gasteiger partial charge < -0.3 is 21.3 Å². The summed E-state index contributed by atoms with van der Waals surface area (Å²) in [6.07, 6.45) is 6.77. The van der Waals surface area contributed by atoms with Gasteiger partial charge in [-0.1, -0.05) is 49.1 Å². The second-order valence-corrected chi connectivity index (χ2v) is 9.38. The van der Waals surface area contributed by atoms with Gasteiger partial charge in [0.2, 0.25) is 0 Å². The Morgan fingerprint density at radius 1 is 0.512 bits per heavy atom. The summed E-state index contributed by atoms with van der Waals surface area (Å²) >= 11 is 0. The Hall–Kier alpha value is -6.02. The van der Waals surface area contributed by atoms with Crippen molar-refractivity contribution in [3.05, 3.63) is 156 Å². The van der Waals surface area contributed by atoms with Crippen molar-refractivity contribution in [1.82, 2.24) is 0 Å². The Kier molecular flexibility index (Phi) is 10.1. The number of carbonyl (C=O) groups is 4. The van der Waals surface area contributed by atoms with Crippen LogP contribution in [0.25, 0.3) is 0 Å². The predicted molar refractivity (Wildman–Crippen MR) is 171 cm³/mol. The van der Waals surface area contributed by atoms with Gasteiger partial charge in [-0.2, -0.15) is 0 Å². The van der Waals surface area contributed by atoms with E-state index in [1.807, 2.05) is 6.07 Å². The maximum Gasteiger partial charge on any atom is 0.255 e. The number of nitrogens with one attached hydrogen (secondary N) is 4. The first-order valence-electron chi connectivity index (χ1n) is 13.4. The summed E-state index contributed by atoms with van der Waals surface area (Å²) in [4.78, 5) is 50.0. The van der Waals surface area contributed by atoms with Crippen molar-refractivity contribution in [2.45, 2.75) is 6.92 Å². The summed E-state index contributed by atoms with van der Waals surface area (Å²) in [6.45, 7) is 5.29. The Bertz CT molecular complexity index is 1670. The van der Waals surface area contributed by atoms with E-state index in [2.05, 4.69) is 27.8 Å². The lowest BCUT2D eigenvalue weighted by Gasteiger charge is -2.10. The van der Waals surface area contributed by atoms with Crippen LogP contribution < -0.4 is 21.3 Å². The van der Waals surface area contributed by atoms with E-state index < -0.39 is 0 Å². The first-order chi connectivity index (χ1) is 20.8. The van der Waals surface area contributed by atoms with Crippen molar-refractivity contribution in [3.63, 3.8) is 0 Å². The highest BCUT2D eigenvalue weighted by molar-refractivity contribution is 6.08. The molecular formula is C35H30N4O4. The molecule has 0 aromatic heterocycles. The molecule has 8 heteroatoms. The molecule has 8 nitrogen and oxygen atoms in total. The Morgan fingerprint density at radius 2 is 0.884 bits per heavy atom. The van der Waals surface area contributed by atoms with Crippen LogP contribution in [0, 0.1) is 0 Å². The third-order valence-electron chi connectivity index (χ3n) is 6.20. The molecule has 0 saturated heterocycles. The molecule has 4 aromatic carbocycles. The number of allylic oxidation sites excluding steroid dienone is 4. The van der Waals surface area contributed by atoms with E-state index in [1.165, 1.54) is 0 Å². The van der Waals surface area contributed by atoms with Gasteiger partial charge >= 0.3 is 0 Å². The average Bonchev–Trinajstić information content (AvgIpc) is 3.03. The standard InChI is InChI=1S/C35H30N4O4/c1-3-4-6-9-24(2)32(40)36-28-16-18-30(19-17-28)38-34(42)26-12-14-27(15-13-26)35(43)39-31-22-20-29(21-23-31)37-33(41)25-10-7-5-8-11-25/h3-23H,1H2,2H3,(H,36,40)(H,37,41)(H,38,42)(H,39,43). The number of amides is 4. The average molecular weight is 571 g/mol. The van der Waals surface area contributed by atoms with Crippen LogP contribution in [-0.4, -0.2) is 23.6 Å². The van der Waals surface area contributed by atoms with Crippen molar-refractivity contribution in [2.75, 3.05) is 21.3 Å². The fourth-order valence-electron chi connectivity index (χ4n) is 3.83. The summed E-state index contributed by atoms with van der Waals surface area (Å²) in [6, 6.07) is 28.7. The van der Waals surface area contributed by atoms with Crippen molar-refractivity contribution in [1.29, 1.82) is 0 Å². The van der Waals surface area contributed by atoms with E-state index in [-0.39, 0.29) is 23.6 Å². The summed E-state index contributed by atoms with van der Waals surface area (Å²) in [7, 11) is 0. The van der Waals surface area contributed by atoms with E-state index in [0.717, 1.165) is 0 Å². The molecule has 4 amide bonds. The van der Waals surface area contributed by atoms with E-state index >= 15 is 0 Å². The molecule has 0 fully saturated rings. The summed E-state index contributed by atoms with van der Waals surface area (Å²) < 4.78 is 0. The minimum Gasteiger partial charge on any atom is -0.322 e. The molecular weight excluding hydrogens is 540 g/mol. The quantitative estimate of drug-likeness (QED) is 0.121. The number of anilines is 4. The topological polar surface area (TPSA) is 116 Å². The number of carbonyl (C=O) groups excluding carboxylic acids is 4. The van der Waals surface area contributed by atoms with Gasteiger partial charge in [-0.3, -0.25) is 19.2 Å². The van der Waals surface area contributed by atoms with E-state index in [9.17, 15) is 19.2 Å². The number of hydrogen-bond acceptors (Lipinski definition) is 4. The van der Waals surface area contributed by atoms with Crippen molar-refractivity contribution in [3.8, 4) is 0 Å². The zero-order valence-electron chi connectivity index (χ0n) is 23.5.